The molecule has 0 bridgehead atoms. The van der Waals surface area contributed by atoms with E-state index in [4.69, 9.17) is 0 Å². The van der Waals surface area contributed by atoms with E-state index in [1.165, 1.54) is 220 Å². The minimum atomic E-state index is 0.107. The van der Waals surface area contributed by atoms with Gasteiger partial charge < -0.3 is 18.3 Å². The second-order valence-corrected chi connectivity index (χ2v) is 32.9. The summed E-state index contributed by atoms with van der Waals surface area (Å²) in [5, 5.41) is 15.0. The third kappa shape index (κ3) is 10.9. The molecule has 0 fully saturated rings. The molecule has 26 rings (SSSR count). The molecular weight excluding hydrogens is 1470 g/mol. The summed E-state index contributed by atoms with van der Waals surface area (Å²) in [7, 11) is 0. The molecule has 0 N–H and O–H groups in total. The van der Waals surface area contributed by atoms with E-state index in [1.54, 1.807) is 0 Å². The first-order chi connectivity index (χ1) is 60.5. The van der Waals surface area contributed by atoms with Gasteiger partial charge >= 0.3 is 0 Å². The summed E-state index contributed by atoms with van der Waals surface area (Å²) in [5.41, 5.74) is 37.6. The smallest absolute Gasteiger partial charge is 0.0548 e. The summed E-state index contributed by atoms with van der Waals surface area (Å²) >= 11 is 0. The van der Waals surface area contributed by atoms with Gasteiger partial charge in [0.2, 0.25) is 0 Å². The molecule has 0 radical (unpaired) electrons. The molecular formula is C118H76N4. The number of aromatic nitrogens is 4. The van der Waals surface area contributed by atoms with E-state index >= 15 is 0 Å². The first kappa shape index (κ1) is 69.3. The van der Waals surface area contributed by atoms with Gasteiger partial charge in [-0.15, -0.1) is 0 Å². The highest BCUT2D eigenvalue weighted by atomic mass is 15.0. The lowest BCUT2D eigenvalue weighted by atomic mass is 9.83. The number of hydrogen-bond donors (Lipinski definition) is 0. The van der Waals surface area contributed by atoms with Gasteiger partial charge in [-0.1, -0.05) is 328 Å². The van der Waals surface area contributed by atoms with Crippen LogP contribution < -0.4 is 0 Å². The molecule has 0 saturated heterocycles. The van der Waals surface area contributed by atoms with Crippen molar-refractivity contribution >= 4 is 109 Å². The molecule has 24 aromatic rings. The van der Waals surface area contributed by atoms with Crippen molar-refractivity contribution in [3.8, 4) is 89.5 Å². The number of benzene rings is 20. The van der Waals surface area contributed by atoms with Crippen molar-refractivity contribution in [3.63, 3.8) is 0 Å². The Morgan fingerprint density at radius 2 is 0.549 bits per heavy atom. The standard InChI is InChI=1S/C60H39N.C58H37N3/c1-3-14-38(15-4-1)41-20-13-21-45(34-41)57-51-30-27-43(37-54(51)59-52(57)32-31-50-47-22-9-10-24-49(47)58(60(50)59)40-17-5-2-6-18-40)44-28-33-56-53(36-44)48-23-11-12-25-55(48)61(56)46-29-26-39-16-7-8-19-42(39)35-46;1-3-14-38(15-4-1)41-18-13-21-45(34-41)61-54-31-28-43(37-50(54)58-56(61)33-32-55-57(58)48-23-10-12-25-52(48)59(55)44-19-5-2-6-20-44)42-27-30-53-49(36-42)47-22-9-11-24-51(47)60(53)46-29-26-39-16-7-8-17-40(39)35-46/h1-37,57-58H;1-37H. The van der Waals surface area contributed by atoms with Gasteiger partial charge in [0.05, 0.1) is 44.1 Å². The predicted molar refractivity (Wildman–Crippen MR) is 513 cm³/mol. The summed E-state index contributed by atoms with van der Waals surface area (Å²) in [5.74, 6) is 0.251. The summed E-state index contributed by atoms with van der Waals surface area (Å²) in [6.45, 7) is 0. The van der Waals surface area contributed by atoms with E-state index in [-0.39, 0.29) is 11.8 Å². The van der Waals surface area contributed by atoms with Crippen LogP contribution in [-0.2, 0) is 0 Å². The van der Waals surface area contributed by atoms with Gasteiger partial charge in [0.15, 0.2) is 0 Å². The van der Waals surface area contributed by atoms with Gasteiger partial charge in [-0.05, 0) is 243 Å². The first-order valence-electron chi connectivity index (χ1n) is 42.4. The SMILES string of the molecule is c1ccc(-c2cccc(-n3c4ccc(-c5ccc6c(c5)c5ccccc5n6-c5ccc6ccccc6c5)cc4c4c5c6ccccc6n(-c6ccccc6)c5ccc43)c2)cc1.c1ccc(-c2cccc(C3c4ccc(-c5ccc6c(c5)c5ccccc5n6-c5ccc6ccccc6c5)cc4-c4c3ccc3c4C(c4ccccc4)c4ccccc4-3)c2)cc1. The van der Waals surface area contributed by atoms with E-state index in [1.807, 2.05) is 0 Å². The Morgan fingerprint density at radius 1 is 0.164 bits per heavy atom. The lowest BCUT2D eigenvalue weighted by molar-refractivity contribution is 0.996. The van der Waals surface area contributed by atoms with Crippen LogP contribution in [0, 0.1) is 0 Å². The summed E-state index contributed by atoms with van der Waals surface area (Å²) < 4.78 is 9.74. The van der Waals surface area contributed by atoms with Crippen LogP contribution in [0.1, 0.15) is 45.2 Å². The van der Waals surface area contributed by atoms with Gasteiger partial charge in [0.25, 0.3) is 0 Å². The fourth-order valence-corrected chi connectivity index (χ4v) is 20.9. The molecule has 0 amide bonds. The third-order valence-electron chi connectivity index (χ3n) is 26.3. The molecule has 0 aliphatic heterocycles. The molecule has 4 heteroatoms. The molecule has 4 heterocycles. The molecule has 2 aliphatic rings. The van der Waals surface area contributed by atoms with Gasteiger partial charge in [-0.2, -0.15) is 0 Å². The molecule has 2 atom stereocenters. The van der Waals surface area contributed by atoms with Crippen molar-refractivity contribution in [2.75, 3.05) is 0 Å². The number of fused-ring (bicyclic) bond motifs is 22. The van der Waals surface area contributed by atoms with E-state index in [0.717, 1.165) is 11.4 Å². The molecule has 568 valence electrons. The van der Waals surface area contributed by atoms with Crippen LogP contribution in [0.4, 0.5) is 0 Å². The Labute approximate surface area is 705 Å². The molecule has 2 aliphatic carbocycles. The molecule has 0 spiro atoms. The zero-order valence-corrected chi connectivity index (χ0v) is 66.7. The highest BCUT2D eigenvalue weighted by Gasteiger charge is 2.40. The minimum absolute atomic E-state index is 0.107. The van der Waals surface area contributed by atoms with Gasteiger partial charge in [-0.25, -0.2) is 0 Å². The van der Waals surface area contributed by atoms with Crippen LogP contribution >= 0.6 is 0 Å². The van der Waals surface area contributed by atoms with Crippen LogP contribution in [0.2, 0.25) is 0 Å². The summed E-state index contributed by atoms with van der Waals surface area (Å²) in [6.07, 6.45) is 0. The Hall–Kier alpha value is -15.9. The second-order valence-electron chi connectivity index (χ2n) is 32.9. The van der Waals surface area contributed by atoms with Gasteiger partial charge in [0, 0.05) is 77.7 Å². The first-order valence-corrected chi connectivity index (χ1v) is 42.4. The summed E-state index contributed by atoms with van der Waals surface area (Å²) in [4.78, 5) is 0. The quantitative estimate of drug-likeness (QED) is 0.130. The maximum absolute atomic E-state index is 2.50. The highest BCUT2D eigenvalue weighted by Crippen LogP contribution is 2.59. The fraction of sp³-hybridized carbons (Fsp3) is 0.0169. The van der Waals surface area contributed by atoms with Crippen LogP contribution in [0.15, 0.2) is 449 Å². The highest BCUT2D eigenvalue weighted by molar-refractivity contribution is 6.29. The zero-order valence-electron chi connectivity index (χ0n) is 66.7. The lowest BCUT2D eigenvalue weighted by Crippen LogP contribution is -2.03. The molecule has 2 unspecified atom stereocenters. The lowest BCUT2D eigenvalue weighted by Gasteiger charge is -2.19. The Balaban J connectivity index is 0.000000134. The molecule has 20 aromatic carbocycles. The largest absolute Gasteiger partial charge is 0.309 e. The monoisotopic (exact) mass is 1550 g/mol. The number of rotatable bonds is 10. The molecule has 122 heavy (non-hydrogen) atoms. The van der Waals surface area contributed by atoms with Gasteiger partial charge in [-0.3, -0.25) is 0 Å². The van der Waals surface area contributed by atoms with Crippen molar-refractivity contribution < 1.29 is 0 Å². The topological polar surface area (TPSA) is 19.7 Å². The summed E-state index contributed by atoms with van der Waals surface area (Å²) in [6, 6.07) is 166. The maximum atomic E-state index is 2.50. The van der Waals surface area contributed by atoms with Crippen LogP contribution in [0.5, 0.6) is 0 Å². The van der Waals surface area contributed by atoms with Crippen LogP contribution in [0.3, 0.4) is 0 Å². The number of hydrogen-bond acceptors (Lipinski definition) is 0. The van der Waals surface area contributed by atoms with Crippen molar-refractivity contribution in [1.82, 2.24) is 18.3 Å². The predicted octanol–water partition coefficient (Wildman–Crippen LogP) is 31.1. The Kier molecular flexibility index (Phi) is 15.8. The third-order valence-corrected chi connectivity index (χ3v) is 26.3. The van der Waals surface area contributed by atoms with E-state index in [2.05, 4.69) is 467 Å². The Morgan fingerprint density at radius 3 is 1.16 bits per heavy atom. The fourth-order valence-electron chi connectivity index (χ4n) is 20.9. The molecule has 4 nitrogen and oxygen atoms in total. The van der Waals surface area contributed by atoms with Gasteiger partial charge in [0.1, 0.15) is 0 Å². The van der Waals surface area contributed by atoms with Crippen molar-refractivity contribution in [1.29, 1.82) is 0 Å². The van der Waals surface area contributed by atoms with E-state index < -0.39 is 0 Å². The van der Waals surface area contributed by atoms with Crippen molar-refractivity contribution in [3.05, 3.63) is 482 Å². The number of nitrogens with zero attached hydrogens (tertiary/aromatic N) is 4. The Bertz CT molecular complexity index is 8390. The normalized spacial score (nSPS) is 13.4. The van der Waals surface area contributed by atoms with E-state index in [9.17, 15) is 0 Å². The van der Waals surface area contributed by atoms with Crippen molar-refractivity contribution in [2.45, 2.75) is 11.8 Å². The second kappa shape index (κ2) is 27.9. The van der Waals surface area contributed by atoms with Crippen LogP contribution in [0.25, 0.3) is 198 Å². The number of para-hydroxylation sites is 4. The maximum Gasteiger partial charge on any atom is 0.0548 e. The average molecular weight is 1550 g/mol. The van der Waals surface area contributed by atoms with Crippen molar-refractivity contribution in [2.24, 2.45) is 0 Å². The average Bonchev–Trinajstić information content (AvgIpc) is 1.55. The minimum Gasteiger partial charge on any atom is -0.309 e. The molecule has 4 aromatic heterocycles. The van der Waals surface area contributed by atoms with Crippen LogP contribution in [-0.4, -0.2) is 18.3 Å². The molecule has 0 saturated carbocycles. The van der Waals surface area contributed by atoms with E-state index in [0.29, 0.717) is 0 Å². The zero-order chi connectivity index (χ0) is 80.0.